The van der Waals surface area contributed by atoms with Crippen LogP contribution in [-0.4, -0.2) is 17.2 Å². The minimum Gasteiger partial charge on any atom is -0.334 e. The van der Waals surface area contributed by atoms with Crippen molar-refractivity contribution < 1.29 is 0 Å². The van der Waals surface area contributed by atoms with Gasteiger partial charge in [0.15, 0.2) is 0 Å². The fourth-order valence-electron chi connectivity index (χ4n) is 9.52. The van der Waals surface area contributed by atoms with E-state index in [0.717, 1.165) is 54.0 Å². The maximum Gasteiger partial charge on any atom is 0.0701 e. The van der Waals surface area contributed by atoms with E-state index in [4.69, 9.17) is 0 Å². The molecule has 0 saturated carbocycles. The zero-order valence-electron chi connectivity index (χ0n) is 33.7. The zero-order chi connectivity index (χ0) is 39.8. The van der Waals surface area contributed by atoms with Crippen LogP contribution < -0.4 is 9.80 Å². The van der Waals surface area contributed by atoms with E-state index in [1.165, 1.54) is 50.3 Å². The molecule has 0 spiro atoms. The average Bonchev–Trinajstić information content (AvgIpc) is 3.54. The largest absolute Gasteiger partial charge is 0.334 e. The van der Waals surface area contributed by atoms with Crippen LogP contribution in [-0.2, 0) is 5.41 Å². The van der Waals surface area contributed by atoms with Crippen LogP contribution in [0.2, 0.25) is 0 Å². The summed E-state index contributed by atoms with van der Waals surface area (Å²) in [6.07, 6.45) is 23.8. The highest BCUT2D eigenvalue weighted by Gasteiger charge is 2.41. The van der Waals surface area contributed by atoms with Crippen LogP contribution in [0.3, 0.4) is 0 Å². The molecule has 2 unspecified atom stereocenters. The number of aromatic nitrogens is 1. The first-order valence-electron chi connectivity index (χ1n) is 21.0. The van der Waals surface area contributed by atoms with Gasteiger partial charge in [0.05, 0.1) is 11.7 Å². The number of allylic oxidation sites excluding steroid dienone is 6. The number of benzene rings is 5. The van der Waals surface area contributed by atoms with Gasteiger partial charge in [-0.15, -0.1) is 0 Å². The summed E-state index contributed by atoms with van der Waals surface area (Å²) in [5.41, 5.74) is 17.3. The van der Waals surface area contributed by atoms with Crippen LogP contribution in [0.15, 0.2) is 205 Å². The molecule has 1 aliphatic heterocycles. The maximum atomic E-state index is 4.61. The molecular formula is C55H48N4. The highest BCUT2D eigenvalue weighted by Crippen LogP contribution is 2.54. The van der Waals surface area contributed by atoms with Gasteiger partial charge in [-0.05, 0) is 126 Å². The maximum absolute atomic E-state index is 4.61. The smallest absolute Gasteiger partial charge is 0.0701 e. The van der Waals surface area contributed by atoms with Crippen LogP contribution in [0.1, 0.15) is 62.1 Å². The molecule has 0 radical (unpaired) electrons. The third kappa shape index (κ3) is 6.99. The Hall–Kier alpha value is -6.78. The fourth-order valence-corrected chi connectivity index (χ4v) is 9.52. The van der Waals surface area contributed by atoms with Crippen molar-refractivity contribution in [1.29, 1.82) is 0 Å². The summed E-state index contributed by atoms with van der Waals surface area (Å²) in [6, 6.07) is 51.0. The first-order chi connectivity index (χ1) is 29.0. The molecule has 0 amide bonds. The lowest BCUT2D eigenvalue weighted by molar-refractivity contribution is 0.612. The summed E-state index contributed by atoms with van der Waals surface area (Å²) in [5.74, 6) is 0.415. The lowest BCUT2D eigenvalue weighted by Gasteiger charge is -2.35. The summed E-state index contributed by atoms with van der Waals surface area (Å²) < 4.78 is 0. The van der Waals surface area contributed by atoms with Gasteiger partial charge in [0.2, 0.25) is 0 Å². The van der Waals surface area contributed by atoms with Crippen molar-refractivity contribution in [3.05, 3.63) is 216 Å². The highest BCUT2D eigenvalue weighted by atomic mass is 15.2. The molecule has 6 aromatic rings. The Kier molecular flexibility index (Phi) is 9.62. The molecule has 59 heavy (non-hydrogen) atoms. The lowest BCUT2D eigenvalue weighted by Crippen LogP contribution is -2.31. The lowest BCUT2D eigenvalue weighted by atomic mass is 9.79. The van der Waals surface area contributed by atoms with E-state index in [0.29, 0.717) is 5.92 Å². The van der Waals surface area contributed by atoms with E-state index >= 15 is 0 Å². The number of fused-ring (bicyclic) bond motifs is 3. The van der Waals surface area contributed by atoms with E-state index in [-0.39, 0.29) is 11.5 Å². The van der Waals surface area contributed by atoms with Crippen LogP contribution in [0.25, 0.3) is 28.0 Å². The number of anilines is 4. The molecule has 3 aliphatic carbocycles. The molecule has 4 aliphatic rings. The van der Waals surface area contributed by atoms with Crippen LogP contribution in [0.4, 0.5) is 22.7 Å². The van der Waals surface area contributed by atoms with Gasteiger partial charge in [-0.2, -0.15) is 0 Å². The van der Waals surface area contributed by atoms with E-state index in [9.17, 15) is 0 Å². The van der Waals surface area contributed by atoms with Crippen molar-refractivity contribution in [2.24, 2.45) is 4.99 Å². The summed E-state index contributed by atoms with van der Waals surface area (Å²) in [7, 11) is 0. The number of pyridine rings is 1. The molecule has 0 saturated heterocycles. The zero-order valence-corrected chi connectivity index (χ0v) is 33.7. The second-order valence-electron chi connectivity index (χ2n) is 16.5. The molecule has 5 aromatic carbocycles. The highest BCUT2D eigenvalue weighted by molar-refractivity contribution is 5.78. The van der Waals surface area contributed by atoms with Crippen LogP contribution in [0.5, 0.6) is 0 Å². The summed E-state index contributed by atoms with van der Waals surface area (Å²) in [4.78, 5) is 14.0. The fraction of sp³-hybridized carbons (Fsp3) is 0.164. The first-order valence-corrected chi connectivity index (χ1v) is 21.0. The van der Waals surface area contributed by atoms with Crippen LogP contribution >= 0.6 is 0 Å². The van der Waals surface area contributed by atoms with E-state index in [1.54, 1.807) is 0 Å². The molecule has 0 bridgehead atoms. The van der Waals surface area contributed by atoms with Crippen molar-refractivity contribution in [1.82, 2.24) is 4.98 Å². The minimum atomic E-state index is 0.0153. The topological polar surface area (TPSA) is 31.7 Å². The van der Waals surface area contributed by atoms with Gasteiger partial charge < -0.3 is 9.80 Å². The second-order valence-corrected chi connectivity index (χ2v) is 16.5. The number of hydrogen-bond acceptors (Lipinski definition) is 4. The van der Waals surface area contributed by atoms with Gasteiger partial charge in [0, 0.05) is 64.0 Å². The summed E-state index contributed by atoms with van der Waals surface area (Å²) in [5, 5.41) is 0. The van der Waals surface area contributed by atoms with Gasteiger partial charge in [-0.25, -0.2) is 0 Å². The monoisotopic (exact) mass is 764 g/mol. The summed E-state index contributed by atoms with van der Waals surface area (Å²) >= 11 is 0. The normalized spacial score (nSPS) is 18.6. The molecule has 0 N–H and O–H groups in total. The van der Waals surface area contributed by atoms with Gasteiger partial charge in [0.25, 0.3) is 0 Å². The molecule has 2 heterocycles. The van der Waals surface area contributed by atoms with Crippen molar-refractivity contribution in [3.63, 3.8) is 0 Å². The standard InChI is InChI=1S/C55H48N4/c1-55(2)52-15-7-6-14-50(52)51-37-49(33-34-53(51)55)59(46-23-17-40(18-24-46)39-11-4-3-5-12-39)48-31-29-47(30-32-48)58(44-25-19-41(20-26-44)43-13-10-35-56-38-43)45-27-21-42(22-28-45)54-16-8-9-36-57-54/h3-9,11-12,15-29,31-38,47,50H,10,13-14,30H2,1-2H3. The Bertz CT molecular complexity index is 2660. The number of hydrogen-bond donors (Lipinski definition) is 0. The molecule has 1 aromatic heterocycles. The number of nitrogens with zero attached hydrogens (tertiary/aromatic N) is 4. The van der Waals surface area contributed by atoms with E-state index < -0.39 is 0 Å². The Morgan fingerprint density at radius 1 is 0.661 bits per heavy atom. The van der Waals surface area contributed by atoms with Crippen molar-refractivity contribution >= 4 is 34.5 Å². The predicted molar refractivity (Wildman–Crippen MR) is 248 cm³/mol. The predicted octanol–water partition coefficient (Wildman–Crippen LogP) is 14.1. The third-order valence-corrected chi connectivity index (χ3v) is 12.6. The molecule has 4 nitrogen and oxygen atoms in total. The van der Waals surface area contributed by atoms with Gasteiger partial charge in [0.1, 0.15) is 0 Å². The SMILES string of the molecule is CC1(C)C2=CC=CCC2c2cc(N(C3=CCC(N(c4ccc(C5=CN=CCC5)cc4)c4ccc(-c5ccccn5)cc4)C=C3)c3ccc(-c4ccccc4)cc3)ccc21. The molecule has 10 rings (SSSR count). The number of aliphatic imine (C=N–C) groups is 1. The van der Waals surface area contributed by atoms with Crippen molar-refractivity contribution in [3.8, 4) is 22.4 Å². The molecule has 288 valence electrons. The second kappa shape index (κ2) is 15.5. The van der Waals surface area contributed by atoms with Crippen LogP contribution in [0, 0.1) is 0 Å². The Morgan fingerprint density at radius 3 is 2.05 bits per heavy atom. The Balaban J connectivity index is 1.01. The van der Waals surface area contributed by atoms with Gasteiger partial charge in [-0.1, -0.05) is 129 Å². The molecule has 4 heteroatoms. The van der Waals surface area contributed by atoms with Crippen molar-refractivity contribution in [2.45, 2.75) is 56.9 Å². The summed E-state index contributed by atoms with van der Waals surface area (Å²) in [6.45, 7) is 4.77. The molecule has 0 fully saturated rings. The van der Waals surface area contributed by atoms with Gasteiger partial charge >= 0.3 is 0 Å². The average molecular weight is 765 g/mol. The molecule has 2 atom stereocenters. The minimum absolute atomic E-state index is 0.0153. The Morgan fingerprint density at radius 2 is 1.36 bits per heavy atom. The first kappa shape index (κ1) is 36.6. The van der Waals surface area contributed by atoms with Crippen molar-refractivity contribution in [2.75, 3.05) is 9.80 Å². The van der Waals surface area contributed by atoms with E-state index in [1.807, 2.05) is 30.7 Å². The van der Waals surface area contributed by atoms with Gasteiger partial charge in [-0.3, -0.25) is 9.98 Å². The molecular weight excluding hydrogens is 717 g/mol. The Labute approximate surface area is 348 Å². The number of rotatable bonds is 9. The third-order valence-electron chi connectivity index (χ3n) is 12.6. The quantitative estimate of drug-likeness (QED) is 0.147. The van der Waals surface area contributed by atoms with E-state index in [2.05, 4.69) is 197 Å².